The van der Waals surface area contributed by atoms with E-state index in [9.17, 15) is 13.2 Å². The molecule has 0 radical (unpaired) electrons. The van der Waals surface area contributed by atoms with Crippen LogP contribution in [-0.4, -0.2) is 75.9 Å². The van der Waals surface area contributed by atoms with E-state index >= 15 is 0 Å². The largest absolute Gasteiger partial charge is 0.494 e. The minimum absolute atomic E-state index is 0. The Bertz CT molecular complexity index is 1320. The fourth-order valence-corrected chi connectivity index (χ4v) is 7.18. The van der Waals surface area contributed by atoms with E-state index in [0.717, 1.165) is 55.3 Å². The highest BCUT2D eigenvalue weighted by atomic mass is 35.5. The van der Waals surface area contributed by atoms with Crippen molar-refractivity contribution in [2.24, 2.45) is 0 Å². The number of anilines is 1. The number of rotatable bonds is 10. The number of carbonyl (C=O) groups excluding carboxylic acids is 1. The van der Waals surface area contributed by atoms with Gasteiger partial charge in [0.1, 0.15) is 11.3 Å². The van der Waals surface area contributed by atoms with Gasteiger partial charge in [0.25, 0.3) is 5.91 Å². The Morgan fingerprint density at radius 3 is 2.34 bits per heavy atom. The number of thiazole rings is 1. The monoisotopic (exact) mass is 580 g/mol. The standard InChI is InChI=1S/C27H36N4O4S2.ClH/c1-29(2)18-9-19-31(27-28-25-23(35-4)12-8-13-24(25)36-27)26(32)20-14-16-22(17-15-20)37(33,34)30(3)21-10-6-5-7-11-21;/h8,12-17,21H,5-7,9-11,18-19H2,1-4H3;1H. The molecule has 1 amide bonds. The van der Waals surface area contributed by atoms with Crippen LogP contribution in [0.25, 0.3) is 10.2 Å². The summed E-state index contributed by atoms with van der Waals surface area (Å²) in [5.74, 6) is 0.457. The van der Waals surface area contributed by atoms with E-state index in [1.165, 1.54) is 15.6 Å². The van der Waals surface area contributed by atoms with Crippen LogP contribution in [0.4, 0.5) is 5.13 Å². The second-order valence-corrected chi connectivity index (χ2v) is 12.8. The minimum atomic E-state index is -3.62. The predicted octanol–water partition coefficient (Wildman–Crippen LogP) is 5.28. The number of para-hydroxylation sites is 1. The first kappa shape index (κ1) is 30.3. The predicted molar refractivity (Wildman–Crippen MR) is 157 cm³/mol. The zero-order valence-corrected chi connectivity index (χ0v) is 24.9. The minimum Gasteiger partial charge on any atom is -0.494 e. The van der Waals surface area contributed by atoms with E-state index in [-0.39, 0.29) is 29.3 Å². The summed E-state index contributed by atoms with van der Waals surface area (Å²) in [7, 11) is 3.64. The van der Waals surface area contributed by atoms with E-state index in [2.05, 4.69) is 4.90 Å². The first-order chi connectivity index (χ1) is 17.7. The number of amides is 1. The molecule has 0 aliphatic heterocycles. The number of hydrogen-bond donors (Lipinski definition) is 0. The molecule has 0 atom stereocenters. The summed E-state index contributed by atoms with van der Waals surface area (Å²) in [4.78, 5) is 22.4. The lowest BCUT2D eigenvalue weighted by Crippen LogP contribution is -2.38. The molecule has 0 N–H and O–H groups in total. The van der Waals surface area contributed by atoms with Gasteiger partial charge in [0.05, 0.1) is 16.7 Å². The molecule has 1 aliphatic rings. The smallest absolute Gasteiger partial charge is 0.260 e. The average molecular weight is 581 g/mol. The molecule has 2 aromatic carbocycles. The number of nitrogens with zero attached hydrogens (tertiary/aromatic N) is 4. The molecule has 1 saturated carbocycles. The van der Waals surface area contributed by atoms with Crippen LogP contribution in [0.5, 0.6) is 5.75 Å². The lowest BCUT2D eigenvalue weighted by molar-refractivity contribution is 0.0986. The average Bonchev–Trinajstić information content (AvgIpc) is 3.35. The Balaban J connectivity index is 0.00000400. The van der Waals surface area contributed by atoms with Crippen molar-refractivity contribution < 1.29 is 17.9 Å². The second kappa shape index (κ2) is 13.2. The third kappa shape index (κ3) is 6.66. The van der Waals surface area contributed by atoms with E-state index in [1.54, 1.807) is 43.3 Å². The molecule has 4 rings (SSSR count). The van der Waals surface area contributed by atoms with Gasteiger partial charge in [-0.15, -0.1) is 12.4 Å². The highest BCUT2D eigenvalue weighted by Gasteiger charge is 2.29. The number of benzene rings is 2. The Morgan fingerprint density at radius 1 is 1.03 bits per heavy atom. The lowest BCUT2D eigenvalue weighted by Gasteiger charge is -2.30. The number of hydrogen-bond acceptors (Lipinski definition) is 7. The molecule has 11 heteroatoms. The maximum atomic E-state index is 13.7. The van der Waals surface area contributed by atoms with Crippen molar-refractivity contribution in [1.29, 1.82) is 0 Å². The van der Waals surface area contributed by atoms with Crippen molar-refractivity contribution in [3.8, 4) is 5.75 Å². The molecular formula is C27H37ClN4O4S2. The van der Waals surface area contributed by atoms with Crippen molar-refractivity contribution in [3.05, 3.63) is 48.0 Å². The maximum absolute atomic E-state index is 13.7. The van der Waals surface area contributed by atoms with E-state index < -0.39 is 10.0 Å². The van der Waals surface area contributed by atoms with Crippen LogP contribution in [0.1, 0.15) is 48.9 Å². The third-order valence-electron chi connectivity index (χ3n) is 6.92. The van der Waals surface area contributed by atoms with Gasteiger partial charge in [0, 0.05) is 25.2 Å². The molecule has 208 valence electrons. The summed E-state index contributed by atoms with van der Waals surface area (Å²) in [6.45, 7) is 1.31. The van der Waals surface area contributed by atoms with Crippen LogP contribution < -0.4 is 9.64 Å². The van der Waals surface area contributed by atoms with Crippen molar-refractivity contribution in [2.45, 2.75) is 49.5 Å². The summed E-state index contributed by atoms with van der Waals surface area (Å²) in [5, 5.41) is 0.594. The lowest BCUT2D eigenvalue weighted by atomic mass is 9.96. The van der Waals surface area contributed by atoms with Crippen molar-refractivity contribution >= 4 is 55.0 Å². The molecule has 0 bridgehead atoms. The molecule has 1 aliphatic carbocycles. The van der Waals surface area contributed by atoms with E-state index in [1.807, 2.05) is 32.3 Å². The Kier molecular flexibility index (Phi) is 10.5. The van der Waals surface area contributed by atoms with Crippen LogP contribution in [-0.2, 0) is 10.0 Å². The van der Waals surface area contributed by atoms with Gasteiger partial charge in [-0.2, -0.15) is 4.31 Å². The normalized spacial score (nSPS) is 14.6. The summed E-state index contributed by atoms with van der Waals surface area (Å²) in [6, 6.07) is 12.1. The highest BCUT2D eigenvalue weighted by Crippen LogP contribution is 2.35. The van der Waals surface area contributed by atoms with Crippen LogP contribution in [0.3, 0.4) is 0 Å². The number of halogens is 1. The van der Waals surface area contributed by atoms with Gasteiger partial charge in [-0.3, -0.25) is 9.69 Å². The number of aromatic nitrogens is 1. The number of methoxy groups -OCH3 is 1. The molecule has 1 heterocycles. The molecule has 3 aromatic rings. The molecule has 0 spiro atoms. The number of fused-ring (bicyclic) bond motifs is 1. The summed E-state index contributed by atoms with van der Waals surface area (Å²) >= 11 is 1.44. The van der Waals surface area contributed by atoms with Gasteiger partial charge in [-0.05, 0) is 76.3 Å². The van der Waals surface area contributed by atoms with Crippen LogP contribution >= 0.6 is 23.7 Å². The van der Waals surface area contributed by atoms with Gasteiger partial charge >= 0.3 is 0 Å². The van der Waals surface area contributed by atoms with Gasteiger partial charge in [0.15, 0.2) is 5.13 Å². The first-order valence-electron chi connectivity index (χ1n) is 12.7. The molecular weight excluding hydrogens is 544 g/mol. The molecule has 0 saturated heterocycles. The Labute approximate surface area is 236 Å². The fraction of sp³-hybridized carbons (Fsp3) is 0.481. The molecule has 8 nitrogen and oxygen atoms in total. The van der Waals surface area contributed by atoms with Gasteiger partial charge < -0.3 is 9.64 Å². The second-order valence-electron chi connectivity index (χ2n) is 9.75. The van der Waals surface area contributed by atoms with Gasteiger partial charge in [-0.1, -0.05) is 36.7 Å². The summed E-state index contributed by atoms with van der Waals surface area (Å²) in [6.07, 6.45) is 5.82. The van der Waals surface area contributed by atoms with Crippen LogP contribution in [0, 0.1) is 0 Å². The van der Waals surface area contributed by atoms with Crippen molar-refractivity contribution in [3.63, 3.8) is 0 Å². The number of carbonyl (C=O) groups is 1. The molecule has 1 aromatic heterocycles. The van der Waals surface area contributed by atoms with Crippen LogP contribution in [0.2, 0.25) is 0 Å². The summed E-state index contributed by atoms with van der Waals surface area (Å²) < 4.78 is 34.4. The number of ether oxygens (including phenoxy) is 1. The van der Waals surface area contributed by atoms with Gasteiger partial charge in [-0.25, -0.2) is 13.4 Å². The highest BCUT2D eigenvalue weighted by molar-refractivity contribution is 7.89. The topological polar surface area (TPSA) is 83.0 Å². The SMILES string of the molecule is COc1cccc2sc(N(CCCN(C)C)C(=O)c3ccc(S(=O)(=O)N(C)C4CCCCC4)cc3)nc12.Cl. The third-order valence-corrected chi connectivity index (χ3v) is 9.89. The van der Waals surface area contributed by atoms with Crippen molar-refractivity contribution in [1.82, 2.24) is 14.2 Å². The zero-order valence-electron chi connectivity index (χ0n) is 22.4. The quantitative estimate of drug-likeness (QED) is 0.324. The Hall–Kier alpha value is -2.24. The van der Waals surface area contributed by atoms with E-state index in [0.29, 0.717) is 23.0 Å². The van der Waals surface area contributed by atoms with Gasteiger partial charge in [0.2, 0.25) is 10.0 Å². The zero-order chi connectivity index (χ0) is 26.6. The summed E-state index contributed by atoms with van der Waals surface area (Å²) in [5.41, 5.74) is 1.15. The van der Waals surface area contributed by atoms with E-state index in [4.69, 9.17) is 9.72 Å². The molecule has 1 fully saturated rings. The maximum Gasteiger partial charge on any atom is 0.260 e. The number of sulfonamides is 1. The molecule has 0 unspecified atom stereocenters. The van der Waals surface area contributed by atoms with Crippen LogP contribution in [0.15, 0.2) is 47.4 Å². The fourth-order valence-electron chi connectivity index (χ4n) is 4.75. The first-order valence-corrected chi connectivity index (χ1v) is 15.0. The molecule has 38 heavy (non-hydrogen) atoms. The Morgan fingerprint density at radius 2 is 1.71 bits per heavy atom. The van der Waals surface area contributed by atoms with Crippen molar-refractivity contribution in [2.75, 3.05) is 46.2 Å².